The second kappa shape index (κ2) is 16.4. The number of aromatic nitrogens is 2. The van der Waals surface area contributed by atoms with Crippen molar-refractivity contribution in [1.29, 1.82) is 0 Å². The van der Waals surface area contributed by atoms with Crippen LogP contribution in [0.5, 0.6) is 23.0 Å². The fraction of sp³-hybridized carbons (Fsp3) is 0.281. The van der Waals surface area contributed by atoms with Crippen molar-refractivity contribution in [3.05, 3.63) is 77.3 Å². The van der Waals surface area contributed by atoms with E-state index in [1.165, 1.54) is 37.7 Å². The zero-order chi connectivity index (χ0) is 32.2. The number of methoxy groups -OCH3 is 2. The van der Waals surface area contributed by atoms with Gasteiger partial charge in [0, 0.05) is 42.9 Å². The molecule has 3 aromatic carbocycles. The van der Waals surface area contributed by atoms with E-state index in [1.54, 1.807) is 25.3 Å². The normalized spacial score (nSPS) is 13.2. The standard InChI is InChI=1S/C22H24ClFN4O3.C10H10O4/c1-29-20-13-19-16(12-21(20)31-8-2-5-28-6-9-30-10-7-28)22(26-14-25-19)27-15-3-4-18(24)17(23)11-15;1-14-9-6-7(2-4-8(9)11)3-5-10(12)13/h3-4,11-14H,2,5-10H2,1H3,(H,25,26,27);2-6,11H,1H3,(H,12,13)/b;5-3+. The maximum absolute atomic E-state index is 13.5. The molecule has 45 heavy (non-hydrogen) atoms. The Bertz CT molecular complexity index is 1630. The van der Waals surface area contributed by atoms with E-state index in [0.29, 0.717) is 46.4 Å². The molecule has 0 unspecified atom stereocenters. The molecule has 0 radical (unpaired) electrons. The van der Waals surface area contributed by atoms with Crippen molar-refractivity contribution in [3.8, 4) is 23.0 Å². The number of hydrogen-bond donors (Lipinski definition) is 3. The summed E-state index contributed by atoms with van der Waals surface area (Å²) in [5.41, 5.74) is 1.97. The predicted octanol–water partition coefficient (Wildman–Crippen LogP) is 5.77. The number of morpholine rings is 1. The Morgan fingerprint density at radius 2 is 1.84 bits per heavy atom. The number of aromatic hydroxyl groups is 1. The maximum atomic E-state index is 13.5. The van der Waals surface area contributed by atoms with Crippen molar-refractivity contribution in [1.82, 2.24) is 14.9 Å². The SMILES string of the molecule is COc1cc(/C=C/C(=O)O)ccc1O.COc1cc2ncnc(Nc3ccc(F)c(Cl)c3)c2cc1OCCCN1CCOCC1. The van der Waals surface area contributed by atoms with E-state index in [-0.39, 0.29) is 10.8 Å². The summed E-state index contributed by atoms with van der Waals surface area (Å²) in [7, 11) is 3.03. The van der Waals surface area contributed by atoms with Crippen LogP contribution in [-0.4, -0.2) is 84.7 Å². The predicted molar refractivity (Wildman–Crippen MR) is 169 cm³/mol. The average molecular weight is 641 g/mol. The van der Waals surface area contributed by atoms with E-state index in [2.05, 4.69) is 20.2 Å². The van der Waals surface area contributed by atoms with Crippen LogP contribution in [0.2, 0.25) is 5.02 Å². The summed E-state index contributed by atoms with van der Waals surface area (Å²) in [6.45, 7) is 5.00. The molecule has 0 saturated carbocycles. The smallest absolute Gasteiger partial charge is 0.328 e. The van der Waals surface area contributed by atoms with Gasteiger partial charge < -0.3 is 34.5 Å². The molecule has 238 valence electrons. The minimum Gasteiger partial charge on any atom is -0.504 e. The highest BCUT2D eigenvalue weighted by Gasteiger charge is 2.14. The Kier molecular flexibility index (Phi) is 12.1. The van der Waals surface area contributed by atoms with E-state index in [1.807, 2.05) is 12.1 Å². The molecule has 0 amide bonds. The molecule has 0 atom stereocenters. The number of nitrogens with zero attached hydrogens (tertiary/aromatic N) is 3. The zero-order valence-corrected chi connectivity index (χ0v) is 25.6. The number of ether oxygens (including phenoxy) is 4. The highest BCUT2D eigenvalue weighted by Crippen LogP contribution is 2.35. The lowest BCUT2D eigenvalue weighted by molar-refractivity contribution is -0.131. The Morgan fingerprint density at radius 3 is 2.56 bits per heavy atom. The van der Waals surface area contributed by atoms with Gasteiger partial charge in [-0.25, -0.2) is 19.2 Å². The summed E-state index contributed by atoms with van der Waals surface area (Å²) in [5, 5.41) is 21.6. The van der Waals surface area contributed by atoms with E-state index in [9.17, 15) is 14.3 Å². The molecule has 13 heteroatoms. The number of phenolic OH excluding ortho intramolecular Hbond substituents is 1. The van der Waals surface area contributed by atoms with Gasteiger partial charge in [-0.15, -0.1) is 0 Å². The number of carbonyl (C=O) groups is 1. The third-order valence-electron chi connectivity index (χ3n) is 6.71. The fourth-order valence-electron chi connectivity index (χ4n) is 4.41. The van der Waals surface area contributed by atoms with Gasteiger partial charge in [0.15, 0.2) is 23.0 Å². The number of nitrogens with one attached hydrogen (secondary N) is 1. The first-order valence-electron chi connectivity index (χ1n) is 14.0. The number of aliphatic carboxylic acids is 1. The number of carboxylic acid groups (broad SMARTS) is 1. The van der Waals surface area contributed by atoms with Crippen molar-refractivity contribution >= 4 is 46.1 Å². The van der Waals surface area contributed by atoms with Gasteiger partial charge in [-0.1, -0.05) is 17.7 Å². The molecule has 1 saturated heterocycles. The van der Waals surface area contributed by atoms with Crippen molar-refractivity contribution in [2.75, 3.05) is 59.0 Å². The van der Waals surface area contributed by atoms with Crippen molar-refractivity contribution in [2.45, 2.75) is 6.42 Å². The van der Waals surface area contributed by atoms with Crippen LogP contribution in [0, 0.1) is 5.82 Å². The van der Waals surface area contributed by atoms with Gasteiger partial charge in [-0.2, -0.15) is 0 Å². The Balaban J connectivity index is 0.000000276. The molecule has 0 spiro atoms. The molecule has 1 aliphatic rings. The number of carboxylic acids is 1. The average Bonchev–Trinajstić information content (AvgIpc) is 3.05. The fourth-order valence-corrected chi connectivity index (χ4v) is 4.59. The summed E-state index contributed by atoms with van der Waals surface area (Å²) in [4.78, 5) is 21.3. The minimum atomic E-state index is -1.02. The van der Waals surface area contributed by atoms with Gasteiger partial charge in [0.05, 0.1) is 44.6 Å². The van der Waals surface area contributed by atoms with Gasteiger partial charge in [0.25, 0.3) is 0 Å². The number of phenols is 1. The molecule has 1 aromatic heterocycles. The van der Waals surface area contributed by atoms with Gasteiger partial charge in [0.2, 0.25) is 0 Å². The second-order valence-electron chi connectivity index (χ2n) is 9.76. The second-order valence-corrected chi connectivity index (χ2v) is 10.2. The third kappa shape index (κ3) is 9.67. The van der Waals surface area contributed by atoms with Crippen LogP contribution < -0.4 is 19.5 Å². The lowest BCUT2D eigenvalue weighted by atomic mass is 10.2. The maximum Gasteiger partial charge on any atom is 0.328 e. The first-order valence-corrected chi connectivity index (χ1v) is 14.4. The molecule has 1 aliphatic heterocycles. The molecule has 5 rings (SSSR count). The van der Waals surface area contributed by atoms with Crippen molar-refractivity contribution in [3.63, 3.8) is 0 Å². The molecule has 3 N–H and O–H groups in total. The number of hydrogen-bond acceptors (Lipinski definition) is 10. The first kappa shape index (κ1) is 33.2. The van der Waals surface area contributed by atoms with E-state index >= 15 is 0 Å². The van der Waals surface area contributed by atoms with Crippen LogP contribution in [0.25, 0.3) is 17.0 Å². The molecule has 2 heterocycles. The molecule has 4 aromatic rings. The van der Waals surface area contributed by atoms with E-state index in [0.717, 1.165) is 50.7 Å². The Labute approximate surface area is 264 Å². The molecule has 1 fully saturated rings. The number of anilines is 2. The van der Waals surface area contributed by atoms with Crippen LogP contribution in [0.4, 0.5) is 15.9 Å². The van der Waals surface area contributed by atoms with E-state index < -0.39 is 11.8 Å². The molecular formula is C32H34ClFN4O7. The quantitative estimate of drug-likeness (QED) is 0.136. The van der Waals surface area contributed by atoms with Crippen LogP contribution in [0.15, 0.2) is 60.9 Å². The molecule has 0 aliphatic carbocycles. The number of rotatable bonds is 11. The summed E-state index contributed by atoms with van der Waals surface area (Å²) in [6.07, 6.45) is 4.79. The van der Waals surface area contributed by atoms with E-state index in [4.69, 9.17) is 35.7 Å². The Morgan fingerprint density at radius 1 is 1.07 bits per heavy atom. The topological polar surface area (TPSA) is 136 Å². The zero-order valence-electron chi connectivity index (χ0n) is 24.8. The molecule has 0 bridgehead atoms. The molecular weight excluding hydrogens is 607 g/mol. The Hall–Kier alpha value is -4.65. The first-order chi connectivity index (χ1) is 21.8. The summed E-state index contributed by atoms with van der Waals surface area (Å²) in [5.74, 6) is 0.639. The lowest BCUT2D eigenvalue weighted by Gasteiger charge is -2.26. The van der Waals surface area contributed by atoms with Crippen LogP contribution in [0.1, 0.15) is 12.0 Å². The number of fused-ring (bicyclic) bond motifs is 1. The number of halogens is 2. The summed E-state index contributed by atoms with van der Waals surface area (Å²) >= 11 is 5.90. The highest BCUT2D eigenvalue weighted by atomic mass is 35.5. The number of benzene rings is 3. The lowest BCUT2D eigenvalue weighted by Crippen LogP contribution is -2.37. The largest absolute Gasteiger partial charge is 0.504 e. The van der Waals surface area contributed by atoms with Crippen molar-refractivity contribution < 1.29 is 38.3 Å². The third-order valence-corrected chi connectivity index (χ3v) is 6.99. The monoisotopic (exact) mass is 640 g/mol. The minimum absolute atomic E-state index is 0.0278. The summed E-state index contributed by atoms with van der Waals surface area (Å²) in [6, 6.07) is 12.7. The van der Waals surface area contributed by atoms with Crippen molar-refractivity contribution in [2.24, 2.45) is 0 Å². The van der Waals surface area contributed by atoms with Gasteiger partial charge in [-0.3, -0.25) is 4.90 Å². The van der Waals surface area contributed by atoms with Gasteiger partial charge in [-0.05, 0) is 54.5 Å². The van der Waals surface area contributed by atoms with Crippen LogP contribution in [-0.2, 0) is 9.53 Å². The van der Waals surface area contributed by atoms with Gasteiger partial charge >= 0.3 is 5.97 Å². The van der Waals surface area contributed by atoms with Gasteiger partial charge in [0.1, 0.15) is 18.0 Å². The summed E-state index contributed by atoms with van der Waals surface area (Å²) < 4.78 is 35.2. The molecule has 11 nitrogen and oxygen atoms in total. The van der Waals surface area contributed by atoms with Crippen LogP contribution >= 0.6 is 11.6 Å². The van der Waals surface area contributed by atoms with Crippen LogP contribution in [0.3, 0.4) is 0 Å². The highest BCUT2D eigenvalue weighted by molar-refractivity contribution is 6.31.